The largest absolute Gasteiger partial charge is 0.294 e. The van der Waals surface area contributed by atoms with E-state index in [0.717, 1.165) is 16.0 Å². The van der Waals surface area contributed by atoms with Crippen LogP contribution in [0.15, 0.2) is 65.6 Å². The van der Waals surface area contributed by atoms with Gasteiger partial charge in [0.15, 0.2) is 10.9 Å². The molecule has 0 amide bonds. The molecule has 6 heteroatoms. The maximum absolute atomic E-state index is 13.3. The fraction of sp³-hybridized carbons (Fsp3) is 0.185. The monoisotopic (exact) mass is 451 g/mol. The first-order valence-corrected chi connectivity index (χ1v) is 11.6. The zero-order valence-corrected chi connectivity index (χ0v) is 19.1. The van der Waals surface area contributed by atoms with E-state index in [1.165, 1.54) is 33.1 Å². The lowest BCUT2D eigenvalue weighted by molar-refractivity contribution is 0.0962. The minimum Gasteiger partial charge on any atom is -0.294 e. The Morgan fingerprint density at radius 2 is 1.82 bits per heavy atom. The number of Topliss-reactive ketones (excluding diaryl/α,β-unsaturated/α-hetero) is 1. The van der Waals surface area contributed by atoms with Gasteiger partial charge in [-0.2, -0.15) is 5.26 Å². The third-order valence-electron chi connectivity index (χ3n) is 6.34. The molecular formula is C27H21N3O2S. The Bertz CT molecular complexity index is 1490. The number of rotatable bonds is 3. The van der Waals surface area contributed by atoms with Crippen molar-refractivity contribution in [2.45, 2.75) is 32.6 Å². The van der Waals surface area contributed by atoms with Crippen molar-refractivity contribution in [3.05, 3.63) is 105 Å². The molecular weight excluding hydrogens is 430 g/mol. The summed E-state index contributed by atoms with van der Waals surface area (Å²) in [5.74, 6) is -0.0785. The van der Waals surface area contributed by atoms with Crippen LogP contribution < -0.4 is 5.56 Å². The third kappa shape index (κ3) is 3.71. The van der Waals surface area contributed by atoms with Gasteiger partial charge in [-0.25, -0.2) is 4.98 Å². The number of fused-ring (bicyclic) bond motifs is 1. The maximum Gasteiger partial charge on any atom is 0.275 e. The van der Waals surface area contributed by atoms with E-state index in [0.29, 0.717) is 29.2 Å². The number of thiazole rings is 1. The number of ketones is 1. The van der Waals surface area contributed by atoms with Crippen LogP contribution in [-0.2, 0) is 6.42 Å². The van der Waals surface area contributed by atoms with E-state index in [2.05, 4.69) is 31.0 Å². The van der Waals surface area contributed by atoms with Gasteiger partial charge in [-0.05, 0) is 54.5 Å². The summed E-state index contributed by atoms with van der Waals surface area (Å²) in [6.07, 6.45) is 2.64. The second-order valence-corrected chi connectivity index (χ2v) is 9.43. The number of aromatic nitrogens is 2. The van der Waals surface area contributed by atoms with Gasteiger partial charge in [0, 0.05) is 23.9 Å². The fourth-order valence-electron chi connectivity index (χ4n) is 4.37. The highest BCUT2D eigenvalue weighted by molar-refractivity contribution is 7.17. The molecule has 0 N–H and O–H groups in total. The molecule has 2 aromatic carbocycles. The first-order valence-electron chi connectivity index (χ1n) is 10.8. The van der Waals surface area contributed by atoms with Gasteiger partial charge in [0.1, 0.15) is 11.6 Å². The molecule has 0 bridgehead atoms. The lowest BCUT2D eigenvalue weighted by atomic mass is 9.81. The Morgan fingerprint density at radius 1 is 1.03 bits per heavy atom. The van der Waals surface area contributed by atoms with Crippen molar-refractivity contribution in [2.75, 3.05) is 0 Å². The normalized spacial score (nSPS) is 15.2. The first kappa shape index (κ1) is 21.0. The number of carbonyl (C=O) groups excluding carboxylic acids is 1. The highest BCUT2D eigenvalue weighted by atomic mass is 32.1. The van der Waals surface area contributed by atoms with E-state index in [4.69, 9.17) is 0 Å². The summed E-state index contributed by atoms with van der Waals surface area (Å²) in [4.78, 5) is 31.8. The minimum atomic E-state index is -0.432. The molecule has 2 aromatic heterocycles. The first-order chi connectivity index (χ1) is 16.0. The molecule has 0 saturated carbocycles. The van der Waals surface area contributed by atoms with Crippen molar-refractivity contribution in [3.8, 4) is 21.6 Å². The minimum absolute atomic E-state index is 0.0241. The molecule has 0 aliphatic heterocycles. The highest BCUT2D eigenvalue weighted by Gasteiger charge is 2.31. The standard InChI is InChI=1S/C27H21N3O2S/c1-16-8-9-19(10-17(16)2)25-15-29-27(33-25)30-23-12-20(18-6-4-3-5-7-18)13-24(31)22(23)11-21(14-28)26(30)32/h3-11,15,20H,12-13H2,1-2H3. The molecule has 1 aliphatic rings. The van der Waals surface area contributed by atoms with Crippen molar-refractivity contribution >= 4 is 17.1 Å². The molecule has 33 heavy (non-hydrogen) atoms. The highest BCUT2D eigenvalue weighted by Crippen LogP contribution is 2.35. The van der Waals surface area contributed by atoms with Crippen LogP contribution >= 0.6 is 11.3 Å². The van der Waals surface area contributed by atoms with Crippen LogP contribution in [0.4, 0.5) is 0 Å². The average molecular weight is 452 g/mol. The van der Waals surface area contributed by atoms with Gasteiger partial charge in [0.25, 0.3) is 5.56 Å². The van der Waals surface area contributed by atoms with Crippen molar-refractivity contribution in [2.24, 2.45) is 0 Å². The van der Waals surface area contributed by atoms with Crippen LogP contribution in [0.2, 0.25) is 0 Å². The Balaban J connectivity index is 1.66. The molecule has 1 aliphatic carbocycles. The van der Waals surface area contributed by atoms with Gasteiger partial charge in [-0.3, -0.25) is 14.2 Å². The predicted molar refractivity (Wildman–Crippen MR) is 129 cm³/mol. The molecule has 1 atom stereocenters. The smallest absolute Gasteiger partial charge is 0.275 e. The summed E-state index contributed by atoms with van der Waals surface area (Å²) in [5, 5.41) is 10.0. The molecule has 0 saturated heterocycles. The Morgan fingerprint density at radius 3 is 2.55 bits per heavy atom. The molecule has 2 heterocycles. The van der Waals surface area contributed by atoms with Crippen LogP contribution in [0.5, 0.6) is 0 Å². The van der Waals surface area contributed by atoms with Crippen molar-refractivity contribution in [3.63, 3.8) is 0 Å². The summed E-state index contributed by atoms with van der Waals surface area (Å²) in [7, 11) is 0. The molecule has 0 fully saturated rings. The number of hydrogen-bond acceptors (Lipinski definition) is 5. The lowest BCUT2D eigenvalue weighted by Gasteiger charge is -2.26. The summed E-state index contributed by atoms with van der Waals surface area (Å²) < 4.78 is 1.48. The zero-order valence-electron chi connectivity index (χ0n) is 18.3. The molecule has 0 spiro atoms. The Labute approximate surface area is 195 Å². The zero-order chi connectivity index (χ0) is 23.1. The molecule has 1 unspecified atom stereocenters. The molecule has 5 rings (SSSR count). The number of pyridine rings is 1. The maximum atomic E-state index is 13.3. The van der Waals surface area contributed by atoms with Crippen LogP contribution in [0, 0.1) is 25.2 Å². The molecule has 162 valence electrons. The molecule has 0 radical (unpaired) electrons. The molecule has 5 nitrogen and oxygen atoms in total. The lowest BCUT2D eigenvalue weighted by Crippen LogP contribution is -2.31. The van der Waals surface area contributed by atoms with E-state index in [1.807, 2.05) is 42.5 Å². The number of benzene rings is 2. The van der Waals surface area contributed by atoms with E-state index in [1.54, 1.807) is 6.20 Å². The van der Waals surface area contributed by atoms with Gasteiger partial charge in [0.05, 0.1) is 4.88 Å². The van der Waals surface area contributed by atoms with Crippen LogP contribution in [0.1, 0.15) is 50.6 Å². The van der Waals surface area contributed by atoms with E-state index in [-0.39, 0.29) is 17.3 Å². The van der Waals surface area contributed by atoms with Crippen molar-refractivity contribution in [1.82, 2.24) is 9.55 Å². The summed E-state index contributed by atoms with van der Waals surface area (Å²) >= 11 is 1.39. The van der Waals surface area contributed by atoms with Gasteiger partial charge in [0.2, 0.25) is 0 Å². The summed E-state index contributed by atoms with van der Waals surface area (Å²) in [6, 6.07) is 19.5. The van der Waals surface area contributed by atoms with E-state index in [9.17, 15) is 14.9 Å². The summed E-state index contributed by atoms with van der Waals surface area (Å²) in [5.41, 5.74) is 5.09. The third-order valence-corrected chi connectivity index (χ3v) is 7.37. The number of hydrogen-bond donors (Lipinski definition) is 0. The second-order valence-electron chi connectivity index (χ2n) is 8.42. The molecule has 4 aromatic rings. The van der Waals surface area contributed by atoms with Crippen LogP contribution in [0.3, 0.4) is 0 Å². The topological polar surface area (TPSA) is 75.8 Å². The van der Waals surface area contributed by atoms with Crippen molar-refractivity contribution in [1.29, 1.82) is 5.26 Å². The van der Waals surface area contributed by atoms with Crippen molar-refractivity contribution < 1.29 is 4.79 Å². The quantitative estimate of drug-likeness (QED) is 0.420. The number of nitriles is 1. The predicted octanol–water partition coefficient (Wildman–Crippen LogP) is 5.36. The van der Waals surface area contributed by atoms with Gasteiger partial charge < -0.3 is 0 Å². The van der Waals surface area contributed by atoms with Gasteiger partial charge in [-0.1, -0.05) is 59.9 Å². The average Bonchev–Trinajstić information content (AvgIpc) is 3.30. The second kappa shape index (κ2) is 8.27. The number of carbonyl (C=O) groups is 1. The van der Waals surface area contributed by atoms with Crippen LogP contribution in [0.25, 0.3) is 15.6 Å². The van der Waals surface area contributed by atoms with E-state index < -0.39 is 5.56 Å². The SMILES string of the molecule is Cc1ccc(-c2cnc(-n3c4c(cc(C#N)c3=O)C(=O)CC(c3ccccc3)C4)s2)cc1C. The Hall–Kier alpha value is -3.82. The number of nitrogens with zero attached hydrogens (tertiary/aromatic N) is 3. The van der Waals surface area contributed by atoms with Gasteiger partial charge >= 0.3 is 0 Å². The van der Waals surface area contributed by atoms with Gasteiger partial charge in [-0.15, -0.1) is 0 Å². The Kier molecular flexibility index (Phi) is 5.27. The fourth-order valence-corrected chi connectivity index (χ4v) is 5.31. The van der Waals surface area contributed by atoms with Crippen LogP contribution in [-0.4, -0.2) is 15.3 Å². The van der Waals surface area contributed by atoms with E-state index >= 15 is 0 Å². The number of aryl methyl sites for hydroxylation is 2. The summed E-state index contributed by atoms with van der Waals surface area (Å²) in [6.45, 7) is 4.13.